The highest BCUT2D eigenvalue weighted by atomic mass is 32.2. The zero-order valence-electron chi connectivity index (χ0n) is 10.5. The highest BCUT2D eigenvalue weighted by Gasteiger charge is 2.17. The van der Waals surface area contributed by atoms with E-state index in [4.69, 9.17) is 5.11 Å². The molecule has 0 saturated carbocycles. The van der Waals surface area contributed by atoms with Crippen LogP contribution in [0.15, 0.2) is 29.2 Å². The summed E-state index contributed by atoms with van der Waals surface area (Å²) in [5, 5.41) is 12.0. The second-order valence-electron chi connectivity index (χ2n) is 4.28. The van der Waals surface area contributed by atoms with Crippen LogP contribution in [0.25, 0.3) is 0 Å². The third kappa shape index (κ3) is 5.06. The molecule has 0 spiro atoms. The molecule has 100 valence electrons. The van der Waals surface area contributed by atoms with Crippen molar-refractivity contribution >= 4 is 17.7 Å². The van der Waals surface area contributed by atoms with E-state index in [1.54, 1.807) is 18.2 Å². The highest BCUT2D eigenvalue weighted by Crippen LogP contribution is 2.22. The number of benzene rings is 1. The van der Waals surface area contributed by atoms with Crippen LogP contribution in [0.3, 0.4) is 0 Å². The van der Waals surface area contributed by atoms with Crippen molar-refractivity contribution in [3.63, 3.8) is 0 Å². The molecule has 0 bridgehead atoms. The Labute approximate surface area is 111 Å². The number of hydrogen-bond donors (Lipinski definition) is 2. The molecule has 1 rings (SSSR count). The van der Waals surface area contributed by atoms with Crippen molar-refractivity contribution in [3.8, 4) is 0 Å². The van der Waals surface area contributed by atoms with Crippen LogP contribution in [-0.2, 0) is 4.79 Å². The van der Waals surface area contributed by atoms with E-state index in [1.165, 1.54) is 17.8 Å². The Morgan fingerprint density at radius 3 is 2.67 bits per heavy atom. The number of carboxylic acid groups (broad SMARTS) is 1. The van der Waals surface area contributed by atoms with E-state index in [9.17, 15) is 9.18 Å². The van der Waals surface area contributed by atoms with Gasteiger partial charge in [0.15, 0.2) is 0 Å². The number of rotatable bonds is 7. The first-order valence-corrected chi connectivity index (χ1v) is 6.85. The predicted molar refractivity (Wildman–Crippen MR) is 71.4 cm³/mol. The second kappa shape index (κ2) is 7.38. The van der Waals surface area contributed by atoms with Crippen molar-refractivity contribution in [2.45, 2.75) is 37.2 Å². The van der Waals surface area contributed by atoms with Gasteiger partial charge in [-0.3, -0.25) is 4.79 Å². The summed E-state index contributed by atoms with van der Waals surface area (Å²) in [5.41, 5.74) is 0. The summed E-state index contributed by atoms with van der Waals surface area (Å²) in [5.74, 6) is -0.554. The average Bonchev–Trinajstić information content (AvgIpc) is 2.29. The van der Waals surface area contributed by atoms with Gasteiger partial charge in [0.05, 0.1) is 0 Å². The van der Waals surface area contributed by atoms with Crippen LogP contribution in [0.2, 0.25) is 0 Å². The molecule has 0 amide bonds. The third-order valence-corrected chi connectivity index (χ3v) is 3.42. The minimum absolute atomic E-state index is 0.115. The van der Waals surface area contributed by atoms with Crippen molar-refractivity contribution in [2.75, 3.05) is 5.75 Å². The summed E-state index contributed by atoms with van der Waals surface area (Å²) in [7, 11) is 0. The Kier molecular flexibility index (Phi) is 6.15. The van der Waals surface area contributed by atoms with Crippen LogP contribution < -0.4 is 5.32 Å². The maximum Gasteiger partial charge on any atom is 0.320 e. The van der Waals surface area contributed by atoms with Crippen molar-refractivity contribution in [2.24, 2.45) is 0 Å². The molecule has 18 heavy (non-hydrogen) atoms. The lowest BCUT2D eigenvalue weighted by Crippen LogP contribution is -2.41. The molecule has 0 heterocycles. The fourth-order valence-electron chi connectivity index (χ4n) is 1.53. The number of aliphatic carboxylic acids is 1. The lowest BCUT2D eigenvalue weighted by atomic mass is 10.2. The molecule has 0 aliphatic rings. The number of nitrogens with one attached hydrogen (secondary N) is 1. The van der Waals surface area contributed by atoms with E-state index < -0.39 is 12.0 Å². The fourth-order valence-corrected chi connectivity index (χ4v) is 2.48. The van der Waals surface area contributed by atoms with E-state index >= 15 is 0 Å². The fraction of sp³-hybridized carbons (Fsp3) is 0.462. The molecule has 1 aromatic rings. The molecule has 1 unspecified atom stereocenters. The number of halogens is 1. The van der Waals surface area contributed by atoms with E-state index in [0.29, 0.717) is 17.1 Å². The van der Waals surface area contributed by atoms with Gasteiger partial charge in [-0.2, -0.15) is 0 Å². The average molecular weight is 271 g/mol. The van der Waals surface area contributed by atoms with Crippen LogP contribution in [0, 0.1) is 5.82 Å². The first-order chi connectivity index (χ1) is 8.50. The largest absolute Gasteiger partial charge is 0.480 e. The Morgan fingerprint density at radius 1 is 1.44 bits per heavy atom. The lowest BCUT2D eigenvalue weighted by molar-refractivity contribution is -0.139. The molecule has 0 aliphatic heterocycles. The predicted octanol–water partition coefficient (Wildman–Crippen LogP) is 2.76. The molecule has 5 heteroatoms. The lowest BCUT2D eigenvalue weighted by Gasteiger charge is -2.16. The van der Waals surface area contributed by atoms with Crippen LogP contribution in [0.4, 0.5) is 4.39 Å². The minimum atomic E-state index is -0.863. The molecule has 0 radical (unpaired) electrons. The summed E-state index contributed by atoms with van der Waals surface area (Å²) >= 11 is 1.34. The first-order valence-electron chi connectivity index (χ1n) is 5.87. The molecule has 0 aliphatic carbocycles. The maximum atomic E-state index is 13.3. The summed E-state index contributed by atoms with van der Waals surface area (Å²) in [4.78, 5) is 11.6. The van der Waals surface area contributed by atoms with Gasteiger partial charge >= 0.3 is 5.97 Å². The van der Waals surface area contributed by atoms with Gasteiger partial charge in [-0.25, -0.2) is 4.39 Å². The van der Waals surface area contributed by atoms with Crippen LogP contribution >= 0.6 is 11.8 Å². The van der Waals surface area contributed by atoms with E-state index in [-0.39, 0.29) is 11.9 Å². The molecule has 3 nitrogen and oxygen atoms in total. The van der Waals surface area contributed by atoms with Gasteiger partial charge in [0.25, 0.3) is 0 Å². The standard InChI is InChI=1S/C13H18FNO2S/c1-9(2)15-11(13(16)17)7-8-18-12-6-4-3-5-10(12)14/h3-6,9,11,15H,7-8H2,1-2H3,(H,16,17). The van der Waals surface area contributed by atoms with Crippen LogP contribution in [0.1, 0.15) is 20.3 Å². The number of carboxylic acids is 1. The summed E-state index contributed by atoms with van der Waals surface area (Å²) in [6.45, 7) is 3.81. The molecular formula is C13H18FNO2S. The Balaban J connectivity index is 2.44. The second-order valence-corrected chi connectivity index (χ2v) is 5.42. The SMILES string of the molecule is CC(C)NC(CCSc1ccccc1F)C(=O)O. The number of hydrogen-bond acceptors (Lipinski definition) is 3. The van der Waals surface area contributed by atoms with Gasteiger partial charge in [-0.15, -0.1) is 11.8 Å². The van der Waals surface area contributed by atoms with E-state index in [1.807, 2.05) is 13.8 Å². The summed E-state index contributed by atoms with van der Waals surface area (Å²) < 4.78 is 13.3. The molecule has 1 aromatic carbocycles. The van der Waals surface area contributed by atoms with Gasteiger partial charge in [-0.1, -0.05) is 26.0 Å². The van der Waals surface area contributed by atoms with Crippen molar-refractivity contribution in [1.29, 1.82) is 0 Å². The number of thioether (sulfide) groups is 1. The molecule has 0 fully saturated rings. The van der Waals surface area contributed by atoms with E-state index in [0.717, 1.165) is 0 Å². The first kappa shape index (κ1) is 15.0. The molecule has 1 atom stereocenters. The van der Waals surface area contributed by atoms with Crippen LogP contribution in [-0.4, -0.2) is 28.9 Å². The summed E-state index contributed by atoms with van der Waals surface area (Å²) in [6.07, 6.45) is 0.465. The number of carbonyl (C=O) groups is 1. The summed E-state index contributed by atoms with van der Waals surface area (Å²) in [6, 6.07) is 6.05. The molecular weight excluding hydrogens is 253 g/mol. The quantitative estimate of drug-likeness (QED) is 0.749. The van der Waals surface area contributed by atoms with Crippen molar-refractivity contribution in [1.82, 2.24) is 5.32 Å². The van der Waals surface area contributed by atoms with Crippen molar-refractivity contribution < 1.29 is 14.3 Å². The van der Waals surface area contributed by atoms with Gasteiger partial charge in [0.1, 0.15) is 11.9 Å². The van der Waals surface area contributed by atoms with Gasteiger partial charge in [-0.05, 0) is 18.6 Å². The normalized spacial score (nSPS) is 12.7. The molecule has 0 aromatic heterocycles. The topological polar surface area (TPSA) is 49.3 Å². The Morgan fingerprint density at radius 2 is 2.11 bits per heavy atom. The highest BCUT2D eigenvalue weighted by molar-refractivity contribution is 7.99. The van der Waals surface area contributed by atoms with Gasteiger partial charge < -0.3 is 10.4 Å². The zero-order valence-corrected chi connectivity index (χ0v) is 11.3. The van der Waals surface area contributed by atoms with Gasteiger partial charge in [0.2, 0.25) is 0 Å². The van der Waals surface area contributed by atoms with Gasteiger partial charge in [0, 0.05) is 16.7 Å². The van der Waals surface area contributed by atoms with Crippen molar-refractivity contribution in [3.05, 3.63) is 30.1 Å². The Hall–Kier alpha value is -1.07. The molecule has 2 N–H and O–H groups in total. The molecule has 0 saturated heterocycles. The third-order valence-electron chi connectivity index (χ3n) is 2.33. The maximum absolute atomic E-state index is 13.3. The minimum Gasteiger partial charge on any atom is -0.480 e. The zero-order chi connectivity index (χ0) is 13.5. The van der Waals surface area contributed by atoms with Crippen LogP contribution in [0.5, 0.6) is 0 Å². The smallest absolute Gasteiger partial charge is 0.320 e. The Bertz CT molecular complexity index is 398. The van der Waals surface area contributed by atoms with E-state index in [2.05, 4.69) is 5.32 Å². The monoisotopic (exact) mass is 271 g/mol.